The van der Waals surface area contributed by atoms with Crippen LogP contribution in [0.1, 0.15) is 17.2 Å². The zero-order chi connectivity index (χ0) is 16.5. The van der Waals surface area contributed by atoms with Crippen LogP contribution in [0.25, 0.3) is 5.70 Å². The van der Waals surface area contributed by atoms with Crippen molar-refractivity contribution in [2.45, 2.75) is 6.04 Å². The summed E-state index contributed by atoms with van der Waals surface area (Å²) in [4.78, 5) is 4.31. The summed E-state index contributed by atoms with van der Waals surface area (Å²) in [5.41, 5.74) is 3.14. The molecular formula is C18H15ClN4O. The molecule has 0 unspecified atom stereocenters. The summed E-state index contributed by atoms with van der Waals surface area (Å²) >= 11 is 6.01. The molecule has 5 nitrogen and oxygen atoms in total. The summed E-state index contributed by atoms with van der Waals surface area (Å²) in [6.45, 7) is 0. The average Bonchev–Trinajstić information content (AvgIpc) is 3.10. The van der Waals surface area contributed by atoms with E-state index in [1.54, 1.807) is 13.4 Å². The molecule has 0 radical (unpaired) electrons. The van der Waals surface area contributed by atoms with Crippen LogP contribution in [0.2, 0.25) is 5.02 Å². The van der Waals surface area contributed by atoms with Crippen molar-refractivity contribution < 1.29 is 4.74 Å². The molecule has 0 spiro atoms. The van der Waals surface area contributed by atoms with E-state index in [0.717, 1.165) is 22.6 Å². The summed E-state index contributed by atoms with van der Waals surface area (Å²) in [5, 5.41) is 8.38. The highest BCUT2D eigenvalue weighted by Gasteiger charge is 2.23. The van der Waals surface area contributed by atoms with Crippen LogP contribution in [0.4, 0.5) is 5.95 Å². The van der Waals surface area contributed by atoms with E-state index in [1.165, 1.54) is 0 Å². The monoisotopic (exact) mass is 338 g/mol. The van der Waals surface area contributed by atoms with Gasteiger partial charge in [0, 0.05) is 10.7 Å². The van der Waals surface area contributed by atoms with Gasteiger partial charge in [0.15, 0.2) is 0 Å². The molecular weight excluding hydrogens is 324 g/mol. The van der Waals surface area contributed by atoms with Crippen molar-refractivity contribution in [3.8, 4) is 5.75 Å². The first-order valence-corrected chi connectivity index (χ1v) is 7.90. The van der Waals surface area contributed by atoms with Crippen molar-refractivity contribution in [2.24, 2.45) is 0 Å². The average molecular weight is 339 g/mol. The van der Waals surface area contributed by atoms with Crippen molar-refractivity contribution >= 4 is 23.2 Å². The molecule has 2 heterocycles. The van der Waals surface area contributed by atoms with Crippen molar-refractivity contribution in [1.29, 1.82) is 0 Å². The van der Waals surface area contributed by atoms with Gasteiger partial charge in [-0.05, 0) is 53.6 Å². The second kappa shape index (κ2) is 6.02. The van der Waals surface area contributed by atoms with E-state index in [1.807, 2.05) is 53.2 Å². The van der Waals surface area contributed by atoms with Crippen LogP contribution in [-0.2, 0) is 0 Å². The maximum atomic E-state index is 6.01. The minimum atomic E-state index is -0.0434. The number of methoxy groups -OCH3 is 1. The van der Waals surface area contributed by atoms with Crippen LogP contribution >= 0.6 is 11.6 Å². The van der Waals surface area contributed by atoms with Crippen LogP contribution in [0.15, 0.2) is 60.9 Å². The minimum absolute atomic E-state index is 0.0434. The Kier molecular flexibility index (Phi) is 3.70. The van der Waals surface area contributed by atoms with Gasteiger partial charge in [0.25, 0.3) is 0 Å². The fourth-order valence-electron chi connectivity index (χ4n) is 2.77. The van der Waals surface area contributed by atoms with Crippen molar-refractivity contribution in [1.82, 2.24) is 14.8 Å². The Morgan fingerprint density at radius 1 is 1.08 bits per heavy atom. The zero-order valence-electron chi connectivity index (χ0n) is 13.0. The first kappa shape index (κ1) is 14.8. The third kappa shape index (κ3) is 2.63. The predicted molar refractivity (Wildman–Crippen MR) is 94.2 cm³/mol. The highest BCUT2D eigenvalue weighted by molar-refractivity contribution is 6.30. The number of allylic oxidation sites excluding steroid dienone is 1. The van der Waals surface area contributed by atoms with Crippen molar-refractivity contribution in [2.75, 3.05) is 12.4 Å². The summed E-state index contributed by atoms with van der Waals surface area (Å²) in [7, 11) is 1.66. The topological polar surface area (TPSA) is 52.0 Å². The lowest BCUT2D eigenvalue weighted by Crippen LogP contribution is -2.20. The largest absolute Gasteiger partial charge is 0.497 e. The summed E-state index contributed by atoms with van der Waals surface area (Å²) in [5.74, 6) is 1.54. The van der Waals surface area contributed by atoms with Gasteiger partial charge in [-0.15, -0.1) is 0 Å². The molecule has 1 N–H and O–H groups in total. The molecule has 4 rings (SSSR count). The molecule has 120 valence electrons. The van der Waals surface area contributed by atoms with E-state index < -0.39 is 0 Å². The fraction of sp³-hybridized carbons (Fsp3) is 0.111. The number of benzene rings is 2. The third-order valence-electron chi connectivity index (χ3n) is 4.02. The quantitative estimate of drug-likeness (QED) is 0.784. The lowest BCUT2D eigenvalue weighted by atomic mass is 10.0. The molecule has 3 aromatic rings. The summed E-state index contributed by atoms with van der Waals surface area (Å²) < 4.78 is 7.08. The van der Waals surface area contributed by atoms with E-state index in [0.29, 0.717) is 11.0 Å². The Hall–Kier alpha value is -2.79. The number of hydrogen-bond donors (Lipinski definition) is 1. The molecule has 1 atom stereocenters. The van der Waals surface area contributed by atoms with Crippen LogP contribution in [0, 0.1) is 0 Å². The molecule has 2 aromatic carbocycles. The SMILES string of the molecule is COc1ccc(C2=C[C@H](c3ccc(Cl)cc3)n3ncnc3N2)cc1. The van der Waals surface area contributed by atoms with E-state index in [9.17, 15) is 0 Å². The van der Waals surface area contributed by atoms with Gasteiger partial charge in [0.2, 0.25) is 5.95 Å². The molecule has 0 bridgehead atoms. The number of halogens is 1. The number of rotatable bonds is 3. The number of ether oxygens (including phenoxy) is 1. The van der Waals surface area contributed by atoms with Crippen LogP contribution in [0.3, 0.4) is 0 Å². The summed E-state index contributed by atoms with van der Waals surface area (Å²) in [6.07, 6.45) is 3.68. The van der Waals surface area contributed by atoms with Gasteiger partial charge in [-0.2, -0.15) is 10.1 Å². The van der Waals surface area contributed by atoms with E-state index in [2.05, 4.69) is 21.5 Å². The van der Waals surface area contributed by atoms with Crippen LogP contribution < -0.4 is 10.1 Å². The number of hydrogen-bond acceptors (Lipinski definition) is 4. The van der Waals surface area contributed by atoms with Gasteiger partial charge >= 0.3 is 0 Å². The highest BCUT2D eigenvalue weighted by atomic mass is 35.5. The van der Waals surface area contributed by atoms with Gasteiger partial charge in [-0.25, -0.2) is 4.68 Å². The molecule has 0 amide bonds. The second-order valence-electron chi connectivity index (χ2n) is 5.46. The van der Waals surface area contributed by atoms with Gasteiger partial charge < -0.3 is 10.1 Å². The Bertz CT molecular complexity index is 884. The van der Waals surface area contributed by atoms with Gasteiger partial charge in [-0.1, -0.05) is 23.7 Å². The smallest absolute Gasteiger partial charge is 0.226 e. The van der Waals surface area contributed by atoms with E-state index in [-0.39, 0.29) is 6.04 Å². The van der Waals surface area contributed by atoms with Gasteiger partial charge in [0.1, 0.15) is 18.1 Å². The lowest BCUT2D eigenvalue weighted by Gasteiger charge is -2.24. The molecule has 1 aliphatic heterocycles. The highest BCUT2D eigenvalue weighted by Crippen LogP contribution is 2.32. The molecule has 0 saturated carbocycles. The van der Waals surface area contributed by atoms with E-state index >= 15 is 0 Å². The minimum Gasteiger partial charge on any atom is -0.497 e. The molecule has 0 fully saturated rings. The molecule has 24 heavy (non-hydrogen) atoms. The van der Waals surface area contributed by atoms with Crippen molar-refractivity contribution in [3.63, 3.8) is 0 Å². The standard InChI is InChI=1S/C18H15ClN4O/c1-24-15-8-4-12(5-9-15)16-10-17(13-2-6-14(19)7-3-13)23-18(22-16)20-11-21-23/h2-11,17H,1H3,(H,20,21,22)/t17-/m1/s1. The first-order valence-electron chi connectivity index (χ1n) is 7.53. The van der Waals surface area contributed by atoms with E-state index in [4.69, 9.17) is 16.3 Å². The Labute approximate surface area is 144 Å². The third-order valence-corrected chi connectivity index (χ3v) is 4.27. The maximum absolute atomic E-state index is 6.01. The van der Waals surface area contributed by atoms with Crippen LogP contribution in [0.5, 0.6) is 5.75 Å². The summed E-state index contributed by atoms with van der Waals surface area (Å²) in [6, 6.07) is 15.6. The zero-order valence-corrected chi connectivity index (χ0v) is 13.7. The number of aromatic nitrogens is 3. The van der Waals surface area contributed by atoms with Crippen molar-refractivity contribution in [3.05, 3.63) is 77.1 Å². The number of nitrogens with one attached hydrogen (secondary N) is 1. The second-order valence-corrected chi connectivity index (χ2v) is 5.89. The van der Waals surface area contributed by atoms with Gasteiger partial charge in [0.05, 0.1) is 7.11 Å². The number of nitrogens with zero attached hydrogens (tertiary/aromatic N) is 3. The molecule has 0 aliphatic carbocycles. The normalized spacial score (nSPS) is 16.1. The molecule has 1 aliphatic rings. The lowest BCUT2D eigenvalue weighted by molar-refractivity contribution is 0.415. The Balaban J connectivity index is 1.76. The number of fused-ring (bicyclic) bond motifs is 1. The molecule has 0 saturated heterocycles. The maximum Gasteiger partial charge on any atom is 0.226 e. The Morgan fingerprint density at radius 3 is 2.54 bits per heavy atom. The predicted octanol–water partition coefficient (Wildman–Crippen LogP) is 4.00. The van der Waals surface area contributed by atoms with Crippen LogP contribution in [-0.4, -0.2) is 21.9 Å². The first-order chi connectivity index (χ1) is 11.7. The molecule has 1 aromatic heterocycles. The number of anilines is 1. The fourth-order valence-corrected chi connectivity index (χ4v) is 2.90. The van der Waals surface area contributed by atoms with Gasteiger partial charge in [-0.3, -0.25) is 0 Å². The Morgan fingerprint density at radius 2 is 1.83 bits per heavy atom. The molecule has 6 heteroatoms.